The summed E-state index contributed by atoms with van der Waals surface area (Å²) in [5, 5.41) is 0.834. The fourth-order valence-electron chi connectivity index (χ4n) is 2.27. The van der Waals surface area contributed by atoms with E-state index < -0.39 is 5.69 Å². The van der Waals surface area contributed by atoms with Crippen molar-refractivity contribution in [3.63, 3.8) is 0 Å². The number of anilines is 1. The summed E-state index contributed by atoms with van der Waals surface area (Å²) in [4.78, 5) is 19.1. The number of nitrogen functional groups attached to an aromatic ring is 1. The quantitative estimate of drug-likeness (QED) is 0.634. The number of allylic oxidation sites excluding steroid dienone is 6. The van der Waals surface area contributed by atoms with E-state index in [0.717, 1.165) is 0 Å². The van der Waals surface area contributed by atoms with E-state index in [4.69, 9.17) is 29.0 Å². The number of hydrogen-bond donors (Lipinski definition) is 2. The number of nitrogens with one attached hydrogen (secondary N) is 1. The van der Waals surface area contributed by atoms with Crippen LogP contribution < -0.4 is 17.0 Å². The van der Waals surface area contributed by atoms with Crippen LogP contribution in [-0.2, 0) is 0 Å². The van der Waals surface area contributed by atoms with Gasteiger partial charge >= 0.3 is 5.69 Å². The van der Waals surface area contributed by atoms with E-state index in [0.29, 0.717) is 15.7 Å². The monoisotopic (exact) mass is 361 g/mol. The van der Waals surface area contributed by atoms with E-state index in [1.807, 2.05) is 0 Å². The Morgan fingerprint density at radius 1 is 1.08 bits per heavy atom. The molecule has 0 saturated heterocycles. The molecule has 2 aliphatic rings. The average molecular weight is 362 g/mol. The topological polar surface area (TPSA) is 85.8 Å². The van der Waals surface area contributed by atoms with Crippen molar-refractivity contribution in [1.29, 1.82) is 0 Å². The van der Waals surface area contributed by atoms with E-state index in [1.165, 1.54) is 28.5 Å². The molecule has 0 saturated carbocycles. The number of hydrazine groups is 1. The maximum atomic E-state index is 11.7. The van der Waals surface area contributed by atoms with Crippen LogP contribution in [0.3, 0.4) is 0 Å². The summed E-state index contributed by atoms with van der Waals surface area (Å²) in [6.07, 6.45) is 11.2. The Kier molecular flexibility index (Phi) is 4.80. The third-order valence-corrected chi connectivity index (χ3v) is 3.83. The van der Waals surface area contributed by atoms with Crippen LogP contribution in [0, 0.1) is 0 Å². The summed E-state index contributed by atoms with van der Waals surface area (Å²) >= 11 is 11.7. The minimum Gasteiger partial charge on any atom is -0.292 e. The van der Waals surface area contributed by atoms with E-state index in [9.17, 15) is 4.79 Å². The summed E-state index contributed by atoms with van der Waals surface area (Å²) in [5.74, 6) is 5.13. The van der Waals surface area contributed by atoms with Gasteiger partial charge in [-0.15, -0.1) is 0 Å². The Morgan fingerprint density at radius 3 is 2.12 bits per heavy atom. The summed E-state index contributed by atoms with van der Waals surface area (Å²) in [6.45, 7) is 0. The molecule has 4 rings (SSSR count). The van der Waals surface area contributed by atoms with Gasteiger partial charge < -0.3 is 0 Å². The largest absolute Gasteiger partial charge is 0.356 e. The molecule has 6 nitrogen and oxygen atoms in total. The van der Waals surface area contributed by atoms with Gasteiger partial charge in [-0.3, -0.25) is 9.99 Å². The molecule has 0 fully saturated rings. The second kappa shape index (κ2) is 7.00. The lowest BCUT2D eigenvalue weighted by molar-refractivity contribution is 0.859. The van der Waals surface area contributed by atoms with Gasteiger partial charge in [0, 0.05) is 10.0 Å². The molecular weight excluding hydrogens is 349 g/mol. The van der Waals surface area contributed by atoms with Crippen LogP contribution in [0.5, 0.6) is 0 Å². The second-order valence-corrected chi connectivity index (χ2v) is 5.97. The Morgan fingerprint density at radius 2 is 1.71 bits per heavy atom. The Balaban J connectivity index is 0.000000198. The fourth-order valence-corrected chi connectivity index (χ4v) is 2.79. The van der Waals surface area contributed by atoms with Gasteiger partial charge in [-0.2, -0.15) is 4.98 Å². The maximum absolute atomic E-state index is 11.7. The molecule has 8 heteroatoms. The average Bonchev–Trinajstić information content (AvgIpc) is 3.20. The molecule has 0 unspecified atom stereocenters. The number of nitrogens with zero attached hydrogens (tertiary/aromatic N) is 3. The molecule has 0 spiro atoms. The molecule has 1 aromatic heterocycles. The highest BCUT2D eigenvalue weighted by Gasteiger charge is 2.08. The maximum Gasteiger partial charge on any atom is 0.356 e. The molecule has 122 valence electrons. The first-order chi connectivity index (χ1) is 11.5. The first kappa shape index (κ1) is 16.4. The Hall–Kier alpha value is -2.41. The van der Waals surface area contributed by atoms with Crippen molar-refractivity contribution in [2.75, 3.05) is 5.43 Å². The Labute approximate surface area is 147 Å². The van der Waals surface area contributed by atoms with Gasteiger partial charge in [-0.05, 0) is 35.8 Å². The van der Waals surface area contributed by atoms with Gasteiger partial charge in [0.15, 0.2) is 0 Å². The van der Waals surface area contributed by atoms with Gasteiger partial charge in [0.1, 0.15) is 6.33 Å². The zero-order valence-corrected chi connectivity index (χ0v) is 13.9. The van der Waals surface area contributed by atoms with Crippen molar-refractivity contribution in [3.05, 3.63) is 80.5 Å². The van der Waals surface area contributed by atoms with E-state index in [1.54, 1.807) is 18.2 Å². The van der Waals surface area contributed by atoms with Crippen LogP contribution in [0.25, 0.3) is 5.69 Å². The lowest BCUT2D eigenvalue weighted by atomic mass is 10.3. The highest BCUT2D eigenvalue weighted by molar-refractivity contribution is 6.34. The zero-order valence-electron chi connectivity index (χ0n) is 12.4. The number of aromatic nitrogens is 3. The highest BCUT2D eigenvalue weighted by atomic mass is 35.5. The molecule has 2 aromatic rings. The van der Waals surface area contributed by atoms with Crippen molar-refractivity contribution in [2.45, 2.75) is 6.42 Å². The van der Waals surface area contributed by atoms with Crippen molar-refractivity contribution in [1.82, 2.24) is 14.5 Å². The summed E-state index contributed by atoms with van der Waals surface area (Å²) < 4.78 is 1.21. The van der Waals surface area contributed by atoms with Crippen molar-refractivity contribution >= 4 is 29.2 Å². The zero-order chi connectivity index (χ0) is 17.1. The van der Waals surface area contributed by atoms with Gasteiger partial charge in [0.2, 0.25) is 5.95 Å². The van der Waals surface area contributed by atoms with Gasteiger partial charge in [0.05, 0.1) is 5.69 Å². The third-order valence-electron chi connectivity index (χ3n) is 3.39. The standard InChI is InChI=1S/C9H7Cl2N5O.C7H6/c10-5-1-6(11)3-7(2-5)16-4-13-8(15-12)14-9(16)17;1-2-7-4-3-6(1)5-7/h1-4H,12H2,(H,14,15,17);1-4H,5H2. The predicted octanol–water partition coefficient (Wildman–Crippen LogP) is 3.03. The molecule has 24 heavy (non-hydrogen) atoms. The SMILES string of the molecule is C1=CC2=CC=C1C2.NNc1ncn(-c2cc(Cl)cc(Cl)c2)c(=O)n1. The highest BCUT2D eigenvalue weighted by Crippen LogP contribution is 2.27. The molecule has 3 N–H and O–H groups in total. The van der Waals surface area contributed by atoms with Crippen LogP contribution in [0.2, 0.25) is 10.0 Å². The molecule has 0 radical (unpaired) electrons. The molecule has 2 aliphatic carbocycles. The third kappa shape index (κ3) is 3.73. The molecule has 0 atom stereocenters. The first-order valence-corrected chi connectivity index (χ1v) is 7.77. The summed E-state index contributed by atoms with van der Waals surface area (Å²) in [7, 11) is 0. The summed E-state index contributed by atoms with van der Waals surface area (Å²) in [5.41, 5.74) is 5.06. The first-order valence-electron chi connectivity index (χ1n) is 7.02. The number of nitrogens with two attached hydrogens (primary N) is 1. The van der Waals surface area contributed by atoms with Crippen LogP contribution in [0.15, 0.2) is 64.8 Å². The van der Waals surface area contributed by atoms with E-state index in [2.05, 4.69) is 39.7 Å². The van der Waals surface area contributed by atoms with Crippen LogP contribution in [-0.4, -0.2) is 14.5 Å². The van der Waals surface area contributed by atoms with Crippen molar-refractivity contribution < 1.29 is 0 Å². The lowest BCUT2D eigenvalue weighted by Gasteiger charge is -2.06. The van der Waals surface area contributed by atoms with Crippen molar-refractivity contribution in [2.24, 2.45) is 5.84 Å². The number of rotatable bonds is 2. The summed E-state index contributed by atoms with van der Waals surface area (Å²) in [6, 6.07) is 4.72. The number of benzene rings is 1. The van der Waals surface area contributed by atoms with Gasteiger partial charge in [-0.1, -0.05) is 47.5 Å². The van der Waals surface area contributed by atoms with Crippen LogP contribution in [0.4, 0.5) is 5.95 Å². The molecule has 1 aromatic carbocycles. The fraction of sp³-hybridized carbons (Fsp3) is 0.0625. The van der Waals surface area contributed by atoms with Crippen molar-refractivity contribution in [3.8, 4) is 5.69 Å². The molecule has 0 amide bonds. The number of hydrogen-bond acceptors (Lipinski definition) is 5. The van der Waals surface area contributed by atoms with Gasteiger partial charge in [0.25, 0.3) is 0 Å². The number of halogens is 2. The minimum absolute atomic E-state index is 0.0411. The minimum atomic E-state index is -0.536. The van der Waals surface area contributed by atoms with Crippen LogP contribution >= 0.6 is 23.2 Å². The smallest absolute Gasteiger partial charge is 0.292 e. The molecule has 1 heterocycles. The lowest BCUT2D eigenvalue weighted by Crippen LogP contribution is -2.25. The normalized spacial score (nSPS) is 14.0. The van der Waals surface area contributed by atoms with E-state index >= 15 is 0 Å². The second-order valence-electron chi connectivity index (χ2n) is 5.10. The van der Waals surface area contributed by atoms with Gasteiger partial charge in [-0.25, -0.2) is 15.6 Å². The molecule has 0 aliphatic heterocycles. The van der Waals surface area contributed by atoms with E-state index in [-0.39, 0.29) is 5.95 Å². The van der Waals surface area contributed by atoms with Crippen LogP contribution in [0.1, 0.15) is 6.42 Å². The number of fused-ring (bicyclic) bond motifs is 2. The molecule has 2 bridgehead atoms. The molecular formula is C16H13Cl2N5O. The predicted molar refractivity (Wildman–Crippen MR) is 95.4 cm³/mol. The Bertz CT molecular complexity index is 890.